The van der Waals surface area contributed by atoms with Crippen LogP contribution in [0.1, 0.15) is 18.1 Å². The number of nitriles is 1. The number of halogens is 3. The van der Waals surface area contributed by atoms with Crippen LogP contribution in [0.25, 0.3) is 0 Å². The zero-order valence-electron chi connectivity index (χ0n) is 14.0. The number of carbonyl (C=O) groups is 1. The van der Waals surface area contributed by atoms with E-state index in [9.17, 15) is 4.79 Å². The first-order chi connectivity index (χ1) is 12.9. The van der Waals surface area contributed by atoms with Gasteiger partial charge in [0, 0.05) is 11.4 Å². The third-order valence-electron chi connectivity index (χ3n) is 3.77. The first kappa shape index (κ1) is 19.4. The molecule has 0 bridgehead atoms. The number of nitrogens with zero attached hydrogens (tertiary/aromatic N) is 2. The largest absolute Gasteiger partial charge is 0.453 e. The number of benzene rings is 2. The normalized spacial score (nSPS) is 16.0. The fraction of sp³-hybridized carbons (Fsp3) is 0.167. The average molecular weight is 499 g/mol. The summed E-state index contributed by atoms with van der Waals surface area (Å²) in [6, 6.07) is 9.27. The van der Waals surface area contributed by atoms with E-state index >= 15 is 4.39 Å². The first-order valence-electron chi connectivity index (χ1n) is 7.85. The number of hydrazine groups is 1. The molecule has 0 spiro atoms. The number of hydrogen-bond acceptors (Lipinski definition) is 5. The van der Waals surface area contributed by atoms with Gasteiger partial charge in [0.2, 0.25) is 0 Å². The Hall–Kier alpha value is -2.38. The molecule has 2 N–H and O–H groups in total. The molecular formula is C18H13ClFIN4O2. The van der Waals surface area contributed by atoms with Crippen molar-refractivity contribution in [1.82, 2.24) is 10.9 Å². The fourth-order valence-corrected chi connectivity index (χ4v) is 3.19. The second-order valence-corrected chi connectivity index (χ2v) is 7.38. The molecule has 1 heterocycles. The Bertz CT molecular complexity index is 990. The summed E-state index contributed by atoms with van der Waals surface area (Å²) in [5.74, 6) is -0.0491. The predicted molar refractivity (Wildman–Crippen MR) is 107 cm³/mol. The Kier molecular flexibility index (Phi) is 5.82. The molecular weight excluding hydrogens is 486 g/mol. The molecule has 0 aliphatic carbocycles. The van der Waals surface area contributed by atoms with E-state index in [0.29, 0.717) is 25.6 Å². The molecule has 27 heavy (non-hydrogen) atoms. The molecule has 6 nitrogen and oxygen atoms in total. The molecule has 9 heteroatoms. The lowest BCUT2D eigenvalue weighted by molar-refractivity contribution is -0.122. The van der Waals surface area contributed by atoms with Crippen molar-refractivity contribution < 1.29 is 13.9 Å². The van der Waals surface area contributed by atoms with Crippen molar-refractivity contribution in [2.45, 2.75) is 19.4 Å². The average Bonchev–Trinajstić information content (AvgIpc) is 2.63. The molecule has 1 aliphatic rings. The van der Waals surface area contributed by atoms with Crippen molar-refractivity contribution in [3.05, 3.63) is 55.9 Å². The van der Waals surface area contributed by atoms with Gasteiger partial charge in [-0.15, -0.1) is 0 Å². The molecule has 1 aliphatic heterocycles. The second-order valence-electron chi connectivity index (χ2n) is 5.78. The molecule has 0 unspecified atom stereocenters. The smallest absolute Gasteiger partial charge is 0.262 e. The van der Waals surface area contributed by atoms with E-state index < -0.39 is 11.9 Å². The van der Waals surface area contributed by atoms with Crippen LogP contribution in [0.4, 0.5) is 4.39 Å². The number of rotatable bonds is 4. The number of hydrogen-bond donors (Lipinski definition) is 2. The van der Waals surface area contributed by atoms with Gasteiger partial charge in [-0.05, 0) is 59.3 Å². The summed E-state index contributed by atoms with van der Waals surface area (Å²) >= 11 is 7.94. The number of ether oxygens (including phenoxy) is 1. The predicted octanol–water partition coefficient (Wildman–Crippen LogP) is 3.71. The summed E-state index contributed by atoms with van der Waals surface area (Å²) in [7, 11) is 0. The molecule has 0 radical (unpaired) electrons. The summed E-state index contributed by atoms with van der Waals surface area (Å²) in [5.41, 5.74) is 5.82. The van der Waals surface area contributed by atoms with Gasteiger partial charge in [0.05, 0.1) is 15.2 Å². The Morgan fingerprint density at radius 1 is 1.37 bits per heavy atom. The van der Waals surface area contributed by atoms with Crippen LogP contribution in [0.15, 0.2) is 35.3 Å². The minimum atomic E-state index is -0.547. The molecule has 0 fully saturated rings. The summed E-state index contributed by atoms with van der Waals surface area (Å²) in [6.45, 7) is 1.65. The van der Waals surface area contributed by atoms with E-state index in [2.05, 4.69) is 15.8 Å². The minimum Gasteiger partial charge on any atom is -0.453 e. The van der Waals surface area contributed by atoms with Gasteiger partial charge in [-0.25, -0.2) is 4.39 Å². The van der Waals surface area contributed by atoms with Crippen LogP contribution in [0, 0.1) is 20.7 Å². The zero-order valence-corrected chi connectivity index (χ0v) is 16.9. The van der Waals surface area contributed by atoms with Gasteiger partial charge in [-0.3, -0.25) is 20.6 Å². The van der Waals surface area contributed by atoms with Gasteiger partial charge in [0.1, 0.15) is 17.6 Å². The SMILES string of the molecule is C[C@@H]1N=C(Cc2ccc(I)c(Oc3cc(Cl)cc(C#N)c3)c2F)NNC1=O. The highest BCUT2D eigenvalue weighted by molar-refractivity contribution is 14.1. The molecule has 2 aromatic carbocycles. The monoisotopic (exact) mass is 498 g/mol. The van der Waals surface area contributed by atoms with Crippen LogP contribution in [0.3, 0.4) is 0 Å². The van der Waals surface area contributed by atoms with Crippen molar-refractivity contribution in [2.24, 2.45) is 4.99 Å². The molecule has 0 saturated heterocycles. The third-order valence-corrected chi connectivity index (χ3v) is 4.83. The van der Waals surface area contributed by atoms with Crippen molar-refractivity contribution in [2.75, 3.05) is 0 Å². The van der Waals surface area contributed by atoms with Gasteiger partial charge in [-0.2, -0.15) is 5.26 Å². The number of nitrogens with one attached hydrogen (secondary N) is 2. The van der Waals surface area contributed by atoms with Gasteiger partial charge < -0.3 is 4.74 Å². The third kappa shape index (κ3) is 4.48. The van der Waals surface area contributed by atoms with E-state index in [1.165, 1.54) is 18.2 Å². The highest BCUT2D eigenvalue weighted by atomic mass is 127. The fourth-order valence-electron chi connectivity index (χ4n) is 2.44. The van der Waals surface area contributed by atoms with E-state index in [0.717, 1.165) is 0 Å². The van der Waals surface area contributed by atoms with Crippen molar-refractivity contribution in [1.29, 1.82) is 5.26 Å². The van der Waals surface area contributed by atoms with Crippen molar-refractivity contribution in [3.63, 3.8) is 0 Å². The minimum absolute atomic E-state index is 0.0350. The molecule has 3 rings (SSSR count). The quantitative estimate of drug-likeness (QED) is 0.629. The van der Waals surface area contributed by atoms with E-state index in [1.54, 1.807) is 19.1 Å². The van der Waals surface area contributed by atoms with Crippen molar-refractivity contribution >= 4 is 45.9 Å². The second kappa shape index (κ2) is 8.10. The number of carbonyl (C=O) groups excluding carboxylic acids is 1. The van der Waals surface area contributed by atoms with Crippen LogP contribution in [-0.2, 0) is 11.2 Å². The Morgan fingerprint density at radius 2 is 2.15 bits per heavy atom. The maximum absolute atomic E-state index is 15.0. The van der Waals surface area contributed by atoms with Crippen LogP contribution in [0.2, 0.25) is 5.02 Å². The summed E-state index contributed by atoms with van der Waals surface area (Å²) in [5, 5.41) is 9.36. The molecule has 1 amide bonds. The maximum Gasteiger partial charge on any atom is 0.262 e. The van der Waals surface area contributed by atoms with Crippen LogP contribution in [-0.4, -0.2) is 17.8 Å². The molecule has 0 aromatic heterocycles. The topological polar surface area (TPSA) is 86.5 Å². The van der Waals surface area contributed by atoms with E-state index in [-0.39, 0.29) is 23.8 Å². The number of amidine groups is 1. The lowest BCUT2D eigenvalue weighted by Gasteiger charge is -2.20. The Balaban J connectivity index is 1.90. The lowest BCUT2D eigenvalue weighted by atomic mass is 10.1. The maximum atomic E-state index is 15.0. The standard InChI is InChI=1S/C18H13ClFIN4O2/c1-9-18(26)25-24-15(23-9)6-11-2-3-14(21)17(16(11)20)27-13-5-10(8-22)4-12(19)7-13/h2-5,7,9H,6H2,1H3,(H,23,24)(H,25,26)/t9-/m0/s1. The summed E-state index contributed by atoms with van der Waals surface area (Å²) in [4.78, 5) is 15.6. The van der Waals surface area contributed by atoms with Crippen LogP contribution in [0.5, 0.6) is 11.5 Å². The van der Waals surface area contributed by atoms with Gasteiger partial charge in [0.25, 0.3) is 5.91 Å². The Morgan fingerprint density at radius 3 is 2.85 bits per heavy atom. The molecule has 1 atom stereocenters. The summed E-state index contributed by atoms with van der Waals surface area (Å²) < 4.78 is 21.3. The van der Waals surface area contributed by atoms with Crippen molar-refractivity contribution in [3.8, 4) is 17.6 Å². The Labute approximate surface area is 173 Å². The van der Waals surface area contributed by atoms with Crippen LogP contribution >= 0.6 is 34.2 Å². The highest BCUT2D eigenvalue weighted by Crippen LogP contribution is 2.33. The van der Waals surface area contributed by atoms with E-state index in [1.807, 2.05) is 28.7 Å². The number of aliphatic imine (C=N–C) groups is 1. The number of amides is 1. The van der Waals surface area contributed by atoms with Crippen LogP contribution < -0.4 is 15.6 Å². The van der Waals surface area contributed by atoms with E-state index in [4.69, 9.17) is 21.6 Å². The first-order valence-corrected chi connectivity index (χ1v) is 9.31. The summed E-state index contributed by atoms with van der Waals surface area (Å²) in [6.07, 6.45) is 0.155. The van der Waals surface area contributed by atoms with Gasteiger partial charge in [0.15, 0.2) is 11.6 Å². The molecule has 2 aromatic rings. The highest BCUT2D eigenvalue weighted by Gasteiger charge is 2.21. The zero-order chi connectivity index (χ0) is 19.6. The van der Waals surface area contributed by atoms with Gasteiger partial charge in [-0.1, -0.05) is 17.7 Å². The molecule has 0 saturated carbocycles. The lowest BCUT2D eigenvalue weighted by Crippen LogP contribution is -2.50. The molecule has 138 valence electrons. The van der Waals surface area contributed by atoms with Gasteiger partial charge >= 0.3 is 0 Å².